The largest absolute Gasteiger partial charge is 0.497 e. The standard InChI is InChI=1S/C15H12ClN3O4/c1-23-12-4-2-3-10(7-12)9-17-18-15(20)11-5-6-13(16)14(8-11)19(21)22/h2-9H,1H3,(H,18,20). The van der Waals surface area contributed by atoms with Gasteiger partial charge in [0.05, 0.1) is 18.2 Å². The maximum absolute atomic E-state index is 11.9. The van der Waals surface area contributed by atoms with Gasteiger partial charge < -0.3 is 4.74 Å². The Morgan fingerprint density at radius 1 is 1.35 bits per heavy atom. The molecule has 2 aromatic rings. The van der Waals surface area contributed by atoms with E-state index in [0.717, 1.165) is 11.6 Å². The highest BCUT2D eigenvalue weighted by Gasteiger charge is 2.15. The summed E-state index contributed by atoms with van der Waals surface area (Å²) in [6.45, 7) is 0. The summed E-state index contributed by atoms with van der Waals surface area (Å²) >= 11 is 5.69. The first-order valence-corrected chi connectivity index (χ1v) is 6.80. The number of hydrazone groups is 1. The first kappa shape index (κ1) is 16.4. The zero-order valence-corrected chi connectivity index (χ0v) is 12.8. The van der Waals surface area contributed by atoms with E-state index in [1.807, 2.05) is 0 Å². The van der Waals surface area contributed by atoms with Gasteiger partial charge in [0.1, 0.15) is 10.8 Å². The van der Waals surface area contributed by atoms with Crippen LogP contribution in [-0.2, 0) is 0 Å². The van der Waals surface area contributed by atoms with E-state index in [0.29, 0.717) is 5.75 Å². The molecule has 1 amide bonds. The Bertz CT molecular complexity index is 777. The highest BCUT2D eigenvalue weighted by molar-refractivity contribution is 6.32. The van der Waals surface area contributed by atoms with Crippen molar-refractivity contribution in [3.63, 3.8) is 0 Å². The molecule has 0 radical (unpaired) electrons. The van der Waals surface area contributed by atoms with Gasteiger partial charge in [0.15, 0.2) is 0 Å². The third-order valence-corrected chi connectivity index (χ3v) is 3.20. The van der Waals surface area contributed by atoms with Gasteiger partial charge in [-0.25, -0.2) is 5.43 Å². The fourth-order valence-corrected chi connectivity index (χ4v) is 1.93. The van der Waals surface area contributed by atoms with Crippen molar-refractivity contribution in [3.05, 3.63) is 68.7 Å². The van der Waals surface area contributed by atoms with E-state index < -0.39 is 10.8 Å². The Morgan fingerprint density at radius 2 is 2.13 bits per heavy atom. The number of nitro benzene ring substituents is 1. The monoisotopic (exact) mass is 333 g/mol. The van der Waals surface area contributed by atoms with Crippen molar-refractivity contribution in [2.24, 2.45) is 5.10 Å². The topological polar surface area (TPSA) is 93.8 Å². The van der Waals surface area contributed by atoms with E-state index in [4.69, 9.17) is 16.3 Å². The molecule has 118 valence electrons. The van der Waals surface area contributed by atoms with E-state index in [2.05, 4.69) is 10.5 Å². The number of ether oxygens (including phenoxy) is 1. The first-order chi connectivity index (χ1) is 11.0. The highest BCUT2D eigenvalue weighted by atomic mass is 35.5. The molecule has 0 atom stereocenters. The van der Waals surface area contributed by atoms with Crippen molar-refractivity contribution >= 4 is 29.4 Å². The highest BCUT2D eigenvalue weighted by Crippen LogP contribution is 2.24. The van der Waals surface area contributed by atoms with Crippen LogP contribution in [0.1, 0.15) is 15.9 Å². The van der Waals surface area contributed by atoms with Gasteiger partial charge in [-0.05, 0) is 29.8 Å². The third kappa shape index (κ3) is 4.27. The van der Waals surface area contributed by atoms with E-state index in [-0.39, 0.29) is 16.3 Å². The Labute approximate surface area is 136 Å². The van der Waals surface area contributed by atoms with Gasteiger partial charge in [-0.1, -0.05) is 23.7 Å². The molecular weight excluding hydrogens is 322 g/mol. The molecule has 0 spiro atoms. The minimum atomic E-state index is -0.654. The normalized spacial score (nSPS) is 10.5. The third-order valence-electron chi connectivity index (χ3n) is 2.88. The summed E-state index contributed by atoms with van der Waals surface area (Å²) in [5.41, 5.74) is 2.77. The minimum Gasteiger partial charge on any atom is -0.497 e. The van der Waals surface area contributed by atoms with Crippen LogP contribution in [0.25, 0.3) is 0 Å². The van der Waals surface area contributed by atoms with E-state index >= 15 is 0 Å². The van der Waals surface area contributed by atoms with Crippen molar-refractivity contribution in [1.82, 2.24) is 5.43 Å². The summed E-state index contributed by atoms with van der Waals surface area (Å²) in [6, 6.07) is 10.9. The SMILES string of the molecule is COc1cccc(C=NNC(=O)c2ccc(Cl)c([N+](=O)[O-])c2)c1. The molecule has 0 saturated carbocycles. The molecule has 0 aromatic heterocycles. The first-order valence-electron chi connectivity index (χ1n) is 6.42. The second-order valence-corrected chi connectivity index (χ2v) is 4.81. The van der Waals surface area contributed by atoms with E-state index in [1.165, 1.54) is 18.3 Å². The van der Waals surface area contributed by atoms with Crippen LogP contribution >= 0.6 is 11.6 Å². The predicted octanol–water partition coefficient (Wildman–Crippen LogP) is 3.02. The van der Waals surface area contributed by atoms with Gasteiger partial charge in [-0.3, -0.25) is 14.9 Å². The van der Waals surface area contributed by atoms with E-state index in [1.54, 1.807) is 31.4 Å². The molecule has 0 saturated heterocycles. The van der Waals surface area contributed by atoms with Crippen LogP contribution in [0.2, 0.25) is 5.02 Å². The number of nitrogens with zero attached hydrogens (tertiary/aromatic N) is 2. The van der Waals surface area contributed by atoms with Crippen LogP contribution in [0, 0.1) is 10.1 Å². The predicted molar refractivity (Wildman–Crippen MR) is 86.2 cm³/mol. The Kier molecular flexibility index (Phi) is 5.27. The van der Waals surface area contributed by atoms with Crippen molar-refractivity contribution < 1.29 is 14.5 Å². The molecule has 2 aromatic carbocycles. The Hall–Kier alpha value is -2.93. The van der Waals surface area contributed by atoms with Gasteiger partial charge in [0.25, 0.3) is 11.6 Å². The summed E-state index contributed by atoms with van der Waals surface area (Å²) in [7, 11) is 1.55. The van der Waals surface area contributed by atoms with Crippen LogP contribution < -0.4 is 10.2 Å². The smallest absolute Gasteiger partial charge is 0.288 e. The number of carbonyl (C=O) groups is 1. The summed E-state index contributed by atoms with van der Waals surface area (Å²) in [6.07, 6.45) is 1.44. The number of nitrogens with one attached hydrogen (secondary N) is 1. The number of halogens is 1. The number of carbonyl (C=O) groups excluding carboxylic acids is 1. The lowest BCUT2D eigenvalue weighted by Crippen LogP contribution is -2.17. The minimum absolute atomic E-state index is 0.0357. The summed E-state index contributed by atoms with van der Waals surface area (Å²) in [4.78, 5) is 22.1. The van der Waals surface area contributed by atoms with Gasteiger partial charge in [0, 0.05) is 11.6 Å². The van der Waals surface area contributed by atoms with Gasteiger partial charge >= 0.3 is 0 Å². The van der Waals surface area contributed by atoms with Crippen LogP contribution in [-0.4, -0.2) is 24.2 Å². The molecule has 23 heavy (non-hydrogen) atoms. The maximum Gasteiger partial charge on any atom is 0.288 e. The zero-order valence-electron chi connectivity index (χ0n) is 12.0. The Balaban J connectivity index is 2.08. The second kappa shape index (κ2) is 7.37. The van der Waals surface area contributed by atoms with Crippen LogP contribution in [0.4, 0.5) is 5.69 Å². The Morgan fingerprint density at radius 3 is 2.83 bits per heavy atom. The molecular formula is C15H12ClN3O4. The van der Waals surface area contributed by atoms with Crippen molar-refractivity contribution in [2.75, 3.05) is 7.11 Å². The number of nitro groups is 1. The van der Waals surface area contributed by atoms with Crippen LogP contribution in [0.5, 0.6) is 5.75 Å². The lowest BCUT2D eigenvalue weighted by Gasteiger charge is -2.02. The average molecular weight is 334 g/mol. The zero-order chi connectivity index (χ0) is 16.8. The molecule has 0 aliphatic carbocycles. The number of amides is 1. The van der Waals surface area contributed by atoms with Crippen molar-refractivity contribution in [3.8, 4) is 5.75 Å². The number of rotatable bonds is 5. The lowest BCUT2D eigenvalue weighted by atomic mass is 10.2. The maximum atomic E-state index is 11.9. The number of benzene rings is 2. The van der Waals surface area contributed by atoms with Crippen LogP contribution in [0.15, 0.2) is 47.6 Å². The second-order valence-electron chi connectivity index (χ2n) is 4.40. The fourth-order valence-electron chi connectivity index (χ4n) is 1.75. The number of hydrogen-bond acceptors (Lipinski definition) is 5. The van der Waals surface area contributed by atoms with Gasteiger partial charge in [-0.2, -0.15) is 5.10 Å². The molecule has 0 unspecified atom stereocenters. The summed E-state index contributed by atoms with van der Waals surface area (Å²) in [5, 5.41) is 14.6. The molecule has 7 nitrogen and oxygen atoms in total. The summed E-state index contributed by atoms with van der Waals surface area (Å²) in [5.74, 6) is 0.0810. The van der Waals surface area contributed by atoms with E-state index in [9.17, 15) is 14.9 Å². The van der Waals surface area contributed by atoms with Gasteiger partial charge in [-0.15, -0.1) is 0 Å². The quantitative estimate of drug-likeness (QED) is 0.517. The molecule has 0 bridgehead atoms. The number of hydrogen-bond donors (Lipinski definition) is 1. The number of methoxy groups -OCH3 is 1. The van der Waals surface area contributed by atoms with Crippen LogP contribution in [0.3, 0.4) is 0 Å². The van der Waals surface area contributed by atoms with Gasteiger partial charge in [0.2, 0.25) is 0 Å². The molecule has 8 heteroatoms. The molecule has 0 aliphatic rings. The lowest BCUT2D eigenvalue weighted by molar-refractivity contribution is -0.384. The fraction of sp³-hybridized carbons (Fsp3) is 0.0667. The van der Waals surface area contributed by atoms with Crippen molar-refractivity contribution in [1.29, 1.82) is 0 Å². The summed E-state index contributed by atoms with van der Waals surface area (Å²) < 4.78 is 5.07. The molecule has 0 fully saturated rings. The molecule has 2 rings (SSSR count). The molecule has 0 heterocycles. The molecule has 0 aliphatic heterocycles. The average Bonchev–Trinajstić information content (AvgIpc) is 2.55. The molecule has 1 N–H and O–H groups in total. The van der Waals surface area contributed by atoms with Crippen molar-refractivity contribution in [2.45, 2.75) is 0 Å².